The number of aromatic nitrogens is 1. The Morgan fingerprint density at radius 1 is 1.68 bits per heavy atom. The summed E-state index contributed by atoms with van der Waals surface area (Å²) in [4.78, 5) is 17.3. The lowest BCUT2D eigenvalue weighted by Gasteiger charge is -2.17. The van der Waals surface area contributed by atoms with E-state index in [1.165, 1.54) is 4.88 Å². The van der Waals surface area contributed by atoms with E-state index in [0.717, 1.165) is 18.0 Å². The zero-order chi connectivity index (χ0) is 13.8. The smallest absolute Gasteiger partial charge is 0.315 e. The highest BCUT2D eigenvalue weighted by molar-refractivity contribution is 7.11. The van der Waals surface area contributed by atoms with E-state index in [-0.39, 0.29) is 24.1 Å². The predicted molar refractivity (Wildman–Crippen MR) is 75.6 cm³/mol. The molecule has 6 heteroatoms. The lowest BCUT2D eigenvalue weighted by molar-refractivity contribution is 0.114. The third-order valence-corrected chi connectivity index (χ3v) is 4.47. The van der Waals surface area contributed by atoms with Crippen LogP contribution in [0.5, 0.6) is 0 Å². The van der Waals surface area contributed by atoms with E-state index < -0.39 is 0 Å². The van der Waals surface area contributed by atoms with Crippen molar-refractivity contribution in [2.75, 3.05) is 13.2 Å². The Balaban J connectivity index is 1.74. The van der Waals surface area contributed by atoms with Crippen molar-refractivity contribution in [2.45, 2.75) is 45.3 Å². The van der Waals surface area contributed by atoms with E-state index in [9.17, 15) is 4.79 Å². The number of thiazole rings is 1. The van der Waals surface area contributed by atoms with Gasteiger partial charge < -0.3 is 15.4 Å². The summed E-state index contributed by atoms with van der Waals surface area (Å²) in [6.45, 7) is 7.41. The van der Waals surface area contributed by atoms with E-state index in [1.54, 1.807) is 11.3 Å². The summed E-state index contributed by atoms with van der Waals surface area (Å²) in [7, 11) is 0. The van der Waals surface area contributed by atoms with Gasteiger partial charge in [0.05, 0.1) is 17.2 Å². The van der Waals surface area contributed by atoms with Gasteiger partial charge in [-0.05, 0) is 20.3 Å². The Kier molecular flexibility index (Phi) is 4.76. The molecule has 0 bridgehead atoms. The van der Waals surface area contributed by atoms with Crippen molar-refractivity contribution in [2.24, 2.45) is 0 Å². The molecule has 0 aliphatic carbocycles. The van der Waals surface area contributed by atoms with E-state index in [4.69, 9.17) is 4.74 Å². The maximum Gasteiger partial charge on any atom is 0.315 e. The first kappa shape index (κ1) is 14.3. The summed E-state index contributed by atoms with van der Waals surface area (Å²) in [5.74, 6) is 0.238. The Bertz CT molecular complexity index is 435. The van der Waals surface area contributed by atoms with Gasteiger partial charge in [0, 0.05) is 30.1 Å². The maximum atomic E-state index is 11.8. The number of hydrogen-bond acceptors (Lipinski definition) is 4. The number of carbonyl (C=O) groups excluding carboxylic acids is 1. The molecule has 1 aliphatic heterocycles. The topological polar surface area (TPSA) is 63.2 Å². The number of amides is 2. The third kappa shape index (κ3) is 3.91. The maximum absolute atomic E-state index is 11.8. The van der Waals surface area contributed by atoms with Crippen LogP contribution < -0.4 is 10.6 Å². The summed E-state index contributed by atoms with van der Waals surface area (Å²) >= 11 is 1.68. The van der Waals surface area contributed by atoms with Crippen molar-refractivity contribution in [3.05, 3.63) is 16.1 Å². The molecule has 3 atom stereocenters. The molecule has 1 aliphatic rings. The molecule has 3 unspecified atom stereocenters. The highest BCUT2D eigenvalue weighted by Crippen LogP contribution is 2.20. The molecule has 5 nitrogen and oxygen atoms in total. The number of ether oxygens (including phenoxy) is 1. The fraction of sp³-hybridized carbons (Fsp3) is 0.692. The number of carbonyl (C=O) groups is 1. The van der Waals surface area contributed by atoms with E-state index in [1.807, 2.05) is 20.0 Å². The molecule has 0 spiro atoms. The SMILES string of the molecule is Cc1cnc(C(C)CNC(=O)NC2CCOC2C)s1. The van der Waals surface area contributed by atoms with Crippen LogP contribution in [0.2, 0.25) is 0 Å². The first-order chi connectivity index (χ1) is 9.06. The second kappa shape index (κ2) is 6.34. The zero-order valence-electron chi connectivity index (χ0n) is 11.6. The van der Waals surface area contributed by atoms with Crippen LogP contribution in [0.15, 0.2) is 6.20 Å². The first-order valence-electron chi connectivity index (χ1n) is 6.64. The fourth-order valence-corrected chi connectivity index (χ4v) is 2.90. The Hall–Kier alpha value is -1.14. The standard InChI is InChI=1S/C13H21N3O2S/c1-8(12-14-7-9(2)19-12)6-15-13(17)16-11-4-5-18-10(11)3/h7-8,10-11H,4-6H2,1-3H3,(H2,15,16,17). The highest BCUT2D eigenvalue weighted by Gasteiger charge is 2.25. The van der Waals surface area contributed by atoms with Gasteiger partial charge in [0.15, 0.2) is 0 Å². The normalized spacial score (nSPS) is 24.2. The summed E-state index contributed by atoms with van der Waals surface area (Å²) < 4.78 is 5.41. The largest absolute Gasteiger partial charge is 0.376 e. The van der Waals surface area contributed by atoms with Crippen molar-refractivity contribution in [3.8, 4) is 0 Å². The molecule has 2 heterocycles. The number of hydrogen-bond donors (Lipinski definition) is 2. The molecule has 2 amide bonds. The molecule has 1 fully saturated rings. The summed E-state index contributed by atoms with van der Waals surface area (Å²) in [6.07, 6.45) is 2.86. The fourth-order valence-electron chi connectivity index (χ4n) is 2.07. The van der Waals surface area contributed by atoms with Crippen LogP contribution in [-0.2, 0) is 4.74 Å². The average molecular weight is 283 g/mol. The minimum Gasteiger partial charge on any atom is -0.376 e. The van der Waals surface area contributed by atoms with Crippen molar-refractivity contribution in [1.82, 2.24) is 15.6 Å². The van der Waals surface area contributed by atoms with Crippen LogP contribution >= 0.6 is 11.3 Å². The minimum atomic E-state index is -0.123. The van der Waals surface area contributed by atoms with Crippen LogP contribution in [0, 0.1) is 6.92 Å². The Labute approximate surface area is 117 Å². The summed E-state index contributed by atoms with van der Waals surface area (Å²) in [5, 5.41) is 6.91. The quantitative estimate of drug-likeness (QED) is 0.888. The number of nitrogens with one attached hydrogen (secondary N) is 2. The Morgan fingerprint density at radius 2 is 2.47 bits per heavy atom. The molecule has 19 heavy (non-hydrogen) atoms. The molecule has 1 aromatic rings. The summed E-state index contributed by atoms with van der Waals surface area (Å²) in [6, 6.07) is -0.000101. The van der Waals surface area contributed by atoms with Crippen LogP contribution in [0.3, 0.4) is 0 Å². The molecule has 0 aromatic carbocycles. The second-order valence-electron chi connectivity index (χ2n) is 5.04. The number of aryl methyl sites for hydroxylation is 1. The predicted octanol–water partition coefficient (Wildman–Crippen LogP) is 2.03. The number of urea groups is 1. The van der Waals surface area contributed by atoms with Gasteiger partial charge in [0.2, 0.25) is 0 Å². The molecule has 1 saturated heterocycles. The Morgan fingerprint density at radius 3 is 3.05 bits per heavy atom. The van der Waals surface area contributed by atoms with Gasteiger partial charge in [-0.25, -0.2) is 9.78 Å². The van der Waals surface area contributed by atoms with Crippen LogP contribution in [0.25, 0.3) is 0 Å². The van der Waals surface area contributed by atoms with Crippen LogP contribution in [-0.4, -0.2) is 36.3 Å². The summed E-state index contributed by atoms with van der Waals surface area (Å²) in [5.41, 5.74) is 0. The van der Waals surface area contributed by atoms with Crippen molar-refractivity contribution >= 4 is 17.4 Å². The van der Waals surface area contributed by atoms with Gasteiger partial charge in [-0.1, -0.05) is 6.92 Å². The van der Waals surface area contributed by atoms with Gasteiger partial charge in [-0.15, -0.1) is 11.3 Å². The zero-order valence-corrected chi connectivity index (χ0v) is 12.4. The molecule has 106 valence electrons. The third-order valence-electron chi connectivity index (χ3n) is 3.32. The molecule has 2 rings (SSSR count). The minimum absolute atomic E-state index is 0.102. The van der Waals surface area contributed by atoms with E-state index in [2.05, 4.69) is 22.5 Å². The van der Waals surface area contributed by atoms with Gasteiger partial charge in [-0.3, -0.25) is 0 Å². The second-order valence-corrected chi connectivity index (χ2v) is 6.30. The van der Waals surface area contributed by atoms with Crippen LogP contribution in [0.1, 0.15) is 36.1 Å². The van der Waals surface area contributed by atoms with Gasteiger partial charge in [0.1, 0.15) is 0 Å². The highest BCUT2D eigenvalue weighted by atomic mass is 32.1. The monoisotopic (exact) mass is 283 g/mol. The average Bonchev–Trinajstić information content (AvgIpc) is 2.96. The molecule has 0 saturated carbocycles. The van der Waals surface area contributed by atoms with Gasteiger partial charge in [-0.2, -0.15) is 0 Å². The molecular formula is C13H21N3O2S. The van der Waals surface area contributed by atoms with E-state index >= 15 is 0 Å². The van der Waals surface area contributed by atoms with Crippen molar-refractivity contribution < 1.29 is 9.53 Å². The van der Waals surface area contributed by atoms with E-state index in [0.29, 0.717) is 6.54 Å². The van der Waals surface area contributed by atoms with Crippen LogP contribution in [0.4, 0.5) is 4.79 Å². The van der Waals surface area contributed by atoms with Crippen molar-refractivity contribution in [1.29, 1.82) is 0 Å². The number of rotatable bonds is 4. The van der Waals surface area contributed by atoms with Crippen molar-refractivity contribution in [3.63, 3.8) is 0 Å². The molecule has 2 N–H and O–H groups in total. The first-order valence-corrected chi connectivity index (χ1v) is 7.46. The molecule has 1 aromatic heterocycles. The molecular weight excluding hydrogens is 262 g/mol. The van der Waals surface area contributed by atoms with Gasteiger partial charge >= 0.3 is 6.03 Å². The molecule has 0 radical (unpaired) electrons. The lowest BCUT2D eigenvalue weighted by Crippen LogP contribution is -2.45. The lowest BCUT2D eigenvalue weighted by atomic mass is 10.1. The van der Waals surface area contributed by atoms with Gasteiger partial charge in [0.25, 0.3) is 0 Å². The number of nitrogens with zero attached hydrogens (tertiary/aromatic N) is 1.